The summed E-state index contributed by atoms with van der Waals surface area (Å²) in [7, 11) is 0. The zero-order valence-corrected chi connectivity index (χ0v) is 13.3. The Morgan fingerprint density at radius 1 is 1.14 bits per heavy atom. The van der Waals surface area contributed by atoms with E-state index in [1.807, 2.05) is 18.2 Å². The first-order valence-electron chi connectivity index (χ1n) is 7.54. The van der Waals surface area contributed by atoms with Crippen molar-refractivity contribution in [3.63, 3.8) is 0 Å². The Labute approximate surface area is 127 Å². The molecular formula is C18H24N2O. The van der Waals surface area contributed by atoms with E-state index in [1.54, 1.807) is 6.20 Å². The fourth-order valence-electron chi connectivity index (χ4n) is 2.36. The van der Waals surface area contributed by atoms with Crippen LogP contribution in [0, 0.1) is 6.92 Å². The normalized spacial score (nSPS) is 10.9. The Morgan fingerprint density at radius 2 is 1.90 bits per heavy atom. The van der Waals surface area contributed by atoms with Crippen LogP contribution in [0.2, 0.25) is 0 Å². The summed E-state index contributed by atoms with van der Waals surface area (Å²) < 4.78 is 5.95. The average molecular weight is 284 g/mol. The summed E-state index contributed by atoms with van der Waals surface area (Å²) in [5, 5.41) is 3.27. The van der Waals surface area contributed by atoms with E-state index in [-0.39, 0.29) is 0 Å². The zero-order valence-electron chi connectivity index (χ0n) is 13.3. The van der Waals surface area contributed by atoms with Crippen molar-refractivity contribution in [3.8, 4) is 11.5 Å². The van der Waals surface area contributed by atoms with Gasteiger partial charge in [-0.05, 0) is 48.7 Å². The summed E-state index contributed by atoms with van der Waals surface area (Å²) in [5.41, 5.74) is 3.62. The molecule has 2 aromatic rings. The number of ether oxygens (including phenoxy) is 1. The molecule has 1 N–H and O–H groups in total. The summed E-state index contributed by atoms with van der Waals surface area (Å²) in [6.45, 7) is 10.3. The number of benzene rings is 1. The maximum Gasteiger partial charge on any atom is 0.130 e. The smallest absolute Gasteiger partial charge is 0.130 e. The molecule has 3 heteroatoms. The van der Waals surface area contributed by atoms with Crippen LogP contribution < -0.4 is 10.1 Å². The molecule has 0 amide bonds. The second kappa shape index (κ2) is 7.23. The molecule has 1 aromatic carbocycles. The number of hydrogen-bond donors (Lipinski definition) is 1. The number of rotatable bonds is 6. The molecular weight excluding hydrogens is 260 g/mol. The van der Waals surface area contributed by atoms with Gasteiger partial charge in [-0.3, -0.25) is 4.98 Å². The van der Waals surface area contributed by atoms with Gasteiger partial charge in [-0.15, -0.1) is 0 Å². The van der Waals surface area contributed by atoms with Gasteiger partial charge in [0.2, 0.25) is 0 Å². The molecule has 0 aliphatic rings. The van der Waals surface area contributed by atoms with Crippen molar-refractivity contribution in [2.45, 2.75) is 40.2 Å². The molecule has 1 aromatic heterocycles. The third-order valence-corrected chi connectivity index (χ3v) is 3.44. The highest BCUT2D eigenvalue weighted by atomic mass is 16.5. The molecule has 0 saturated heterocycles. The standard InChI is InChI=1S/C18H24N2O/c1-5-19-12-15-11-17(8-9-20-15)21-16-6-7-18(13(2)3)14(4)10-16/h6-11,13,19H,5,12H2,1-4H3. The highest BCUT2D eigenvalue weighted by molar-refractivity contribution is 5.39. The lowest BCUT2D eigenvalue weighted by molar-refractivity contribution is 0.479. The van der Waals surface area contributed by atoms with Gasteiger partial charge in [-0.1, -0.05) is 26.8 Å². The van der Waals surface area contributed by atoms with E-state index in [2.05, 4.69) is 50.1 Å². The van der Waals surface area contributed by atoms with Crippen LogP contribution >= 0.6 is 0 Å². The first kappa shape index (κ1) is 15.5. The number of aromatic nitrogens is 1. The van der Waals surface area contributed by atoms with Crippen molar-refractivity contribution in [2.24, 2.45) is 0 Å². The Balaban J connectivity index is 2.12. The van der Waals surface area contributed by atoms with Gasteiger partial charge in [0, 0.05) is 18.8 Å². The molecule has 0 radical (unpaired) electrons. The summed E-state index contributed by atoms with van der Waals surface area (Å²) in [5.74, 6) is 2.23. The molecule has 0 unspecified atom stereocenters. The number of nitrogens with one attached hydrogen (secondary N) is 1. The third-order valence-electron chi connectivity index (χ3n) is 3.44. The topological polar surface area (TPSA) is 34.1 Å². The van der Waals surface area contributed by atoms with Crippen molar-refractivity contribution in [3.05, 3.63) is 53.3 Å². The third kappa shape index (κ3) is 4.30. The molecule has 2 rings (SSSR count). The lowest BCUT2D eigenvalue weighted by Crippen LogP contribution is -2.12. The van der Waals surface area contributed by atoms with E-state index in [1.165, 1.54) is 11.1 Å². The molecule has 1 heterocycles. The SMILES string of the molecule is CCNCc1cc(Oc2ccc(C(C)C)c(C)c2)ccn1. The second-order valence-corrected chi connectivity index (χ2v) is 5.54. The van der Waals surface area contributed by atoms with Crippen LogP contribution in [0.5, 0.6) is 11.5 Å². The van der Waals surface area contributed by atoms with Gasteiger partial charge in [0.15, 0.2) is 0 Å². The number of aryl methyl sites for hydroxylation is 1. The van der Waals surface area contributed by atoms with Gasteiger partial charge in [0.25, 0.3) is 0 Å². The molecule has 3 nitrogen and oxygen atoms in total. The maximum absolute atomic E-state index is 5.95. The minimum absolute atomic E-state index is 0.534. The van der Waals surface area contributed by atoms with Gasteiger partial charge in [-0.25, -0.2) is 0 Å². The van der Waals surface area contributed by atoms with Crippen molar-refractivity contribution in [1.82, 2.24) is 10.3 Å². The summed E-state index contributed by atoms with van der Waals surface area (Å²) >= 11 is 0. The van der Waals surface area contributed by atoms with E-state index < -0.39 is 0 Å². The lowest BCUT2D eigenvalue weighted by Gasteiger charge is -2.12. The predicted molar refractivity (Wildman–Crippen MR) is 87.0 cm³/mol. The Hall–Kier alpha value is -1.87. The van der Waals surface area contributed by atoms with E-state index in [9.17, 15) is 0 Å². The predicted octanol–water partition coefficient (Wildman–Crippen LogP) is 4.42. The van der Waals surface area contributed by atoms with E-state index in [4.69, 9.17) is 4.74 Å². The van der Waals surface area contributed by atoms with Crippen LogP contribution in [0.15, 0.2) is 36.5 Å². The Morgan fingerprint density at radius 3 is 2.57 bits per heavy atom. The first-order valence-corrected chi connectivity index (χ1v) is 7.54. The lowest BCUT2D eigenvalue weighted by atomic mass is 9.98. The highest BCUT2D eigenvalue weighted by Gasteiger charge is 2.06. The largest absolute Gasteiger partial charge is 0.457 e. The molecule has 21 heavy (non-hydrogen) atoms. The molecule has 0 atom stereocenters. The van der Waals surface area contributed by atoms with E-state index >= 15 is 0 Å². The van der Waals surface area contributed by atoms with Gasteiger partial charge < -0.3 is 10.1 Å². The molecule has 0 aliphatic carbocycles. The van der Waals surface area contributed by atoms with Crippen molar-refractivity contribution < 1.29 is 4.74 Å². The van der Waals surface area contributed by atoms with Crippen LogP contribution in [0.3, 0.4) is 0 Å². The average Bonchev–Trinajstić information content (AvgIpc) is 2.45. The van der Waals surface area contributed by atoms with E-state index in [0.717, 1.165) is 30.3 Å². The van der Waals surface area contributed by atoms with Gasteiger partial charge in [0.1, 0.15) is 11.5 Å². The minimum Gasteiger partial charge on any atom is -0.457 e. The molecule has 0 bridgehead atoms. The van der Waals surface area contributed by atoms with Gasteiger partial charge >= 0.3 is 0 Å². The zero-order chi connectivity index (χ0) is 15.2. The summed E-state index contributed by atoms with van der Waals surface area (Å²) in [6, 6.07) is 10.2. The van der Waals surface area contributed by atoms with Crippen molar-refractivity contribution in [2.75, 3.05) is 6.54 Å². The van der Waals surface area contributed by atoms with Crippen LogP contribution in [-0.4, -0.2) is 11.5 Å². The van der Waals surface area contributed by atoms with Crippen LogP contribution in [0.1, 0.15) is 43.5 Å². The molecule has 0 aliphatic heterocycles. The Bertz CT molecular complexity index is 594. The molecule has 0 saturated carbocycles. The number of hydrogen-bond acceptors (Lipinski definition) is 3. The second-order valence-electron chi connectivity index (χ2n) is 5.54. The molecule has 0 spiro atoms. The minimum atomic E-state index is 0.534. The number of nitrogens with zero attached hydrogens (tertiary/aromatic N) is 1. The van der Waals surface area contributed by atoms with Gasteiger partial charge in [0.05, 0.1) is 5.69 Å². The fourth-order valence-corrected chi connectivity index (χ4v) is 2.36. The highest BCUT2D eigenvalue weighted by Crippen LogP contribution is 2.27. The van der Waals surface area contributed by atoms with Crippen LogP contribution in [0.25, 0.3) is 0 Å². The fraction of sp³-hybridized carbons (Fsp3) is 0.389. The van der Waals surface area contributed by atoms with E-state index in [0.29, 0.717) is 5.92 Å². The Kier molecular flexibility index (Phi) is 5.34. The molecule has 0 fully saturated rings. The van der Waals surface area contributed by atoms with Gasteiger partial charge in [-0.2, -0.15) is 0 Å². The van der Waals surface area contributed by atoms with Crippen molar-refractivity contribution >= 4 is 0 Å². The number of pyridine rings is 1. The van der Waals surface area contributed by atoms with Crippen molar-refractivity contribution in [1.29, 1.82) is 0 Å². The van der Waals surface area contributed by atoms with Crippen LogP contribution in [-0.2, 0) is 6.54 Å². The monoisotopic (exact) mass is 284 g/mol. The quantitative estimate of drug-likeness (QED) is 0.853. The summed E-state index contributed by atoms with van der Waals surface area (Å²) in [4.78, 5) is 4.33. The van der Waals surface area contributed by atoms with Crippen LogP contribution in [0.4, 0.5) is 0 Å². The first-order chi connectivity index (χ1) is 10.1. The molecule has 112 valence electrons. The summed E-state index contributed by atoms with van der Waals surface area (Å²) in [6.07, 6.45) is 1.79. The maximum atomic E-state index is 5.95.